The van der Waals surface area contributed by atoms with Crippen LogP contribution in [0.5, 0.6) is 0 Å². The Morgan fingerprint density at radius 3 is 2.83 bits per heavy atom. The molecule has 1 aromatic carbocycles. The van der Waals surface area contributed by atoms with Crippen LogP contribution in [0.4, 0.5) is 0 Å². The Labute approximate surface area is 174 Å². The molecule has 3 aromatic rings. The number of imidazole rings is 1. The van der Waals surface area contributed by atoms with Gasteiger partial charge in [0.05, 0.1) is 6.54 Å². The second kappa shape index (κ2) is 7.72. The molecular formula is C22H25N5OS. The van der Waals surface area contributed by atoms with E-state index in [1.807, 2.05) is 18.5 Å². The van der Waals surface area contributed by atoms with Crippen LogP contribution in [0.15, 0.2) is 55.0 Å². The first-order valence-corrected chi connectivity index (χ1v) is 10.9. The fraction of sp³-hybridized carbons (Fsp3) is 0.409. The van der Waals surface area contributed by atoms with E-state index in [9.17, 15) is 4.79 Å². The Kier molecular flexibility index (Phi) is 4.93. The lowest BCUT2D eigenvalue weighted by Crippen LogP contribution is -2.37. The molecule has 1 N–H and O–H groups in total. The third-order valence-electron chi connectivity index (χ3n) is 6.45. The van der Waals surface area contributed by atoms with Gasteiger partial charge in [-0.3, -0.25) is 9.69 Å². The van der Waals surface area contributed by atoms with Gasteiger partial charge in [-0.2, -0.15) is 0 Å². The van der Waals surface area contributed by atoms with Crippen LogP contribution in [0.2, 0.25) is 0 Å². The van der Waals surface area contributed by atoms with Gasteiger partial charge in [0, 0.05) is 50.2 Å². The molecule has 2 fully saturated rings. The Morgan fingerprint density at radius 2 is 2.07 bits per heavy atom. The number of fused-ring (bicyclic) bond motifs is 1. The van der Waals surface area contributed by atoms with Crippen molar-refractivity contribution in [2.75, 3.05) is 26.2 Å². The maximum atomic E-state index is 13.0. The number of amides is 1. The summed E-state index contributed by atoms with van der Waals surface area (Å²) >= 11 is 1.29. The van der Waals surface area contributed by atoms with Crippen molar-refractivity contribution >= 4 is 17.4 Å². The van der Waals surface area contributed by atoms with E-state index in [1.165, 1.54) is 17.1 Å². The number of rotatable bonds is 6. The molecular weight excluding hydrogens is 382 g/mol. The number of carbonyl (C=O) groups is 1. The number of H-pyrrole nitrogens is 1. The predicted octanol–water partition coefficient (Wildman–Crippen LogP) is 3.07. The van der Waals surface area contributed by atoms with Crippen LogP contribution >= 0.6 is 11.5 Å². The summed E-state index contributed by atoms with van der Waals surface area (Å²) in [5, 5.41) is 0. The van der Waals surface area contributed by atoms with Crippen LogP contribution in [0, 0.1) is 11.3 Å². The fourth-order valence-electron chi connectivity index (χ4n) is 5.04. The minimum absolute atomic E-state index is 0.138. The maximum absolute atomic E-state index is 13.0. The molecule has 6 nitrogen and oxygen atoms in total. The number of hydrogen-bond donors (Lipinski definition) is 1. The topological polar surface area (TPSA) is 65.1 Å². The molecule has 2 unspecified atom stereocenters. The minimum Gasteiger partial charge on any atom is -0.348 e. The van der Waals surface area contributed by atoms with E-state index in [4.69, 9.17) is 0 Å². The van der Waals surface area contributed by atoms with Gasteiger partial charge in [-0.25, -0.2) is 9.36 Å². The molecule has 2 aliphatic rings. The quantitative estimate of drug-likeness (QED) is 0.682. The molecule has 7 heteroatoms. The average molecular weight is 408 g/mol. The number of aromatic amines is 1. The standard InChI is InChI=1S/C22H25N5OS/c28-21(19-7-9-25-29-19)27-13-18-12-26(14-20-23-10-11-24-20)15-22(18,16-27)8-6-17-4-2-1-3-5-17/h1-5,7,9-11,18H,6,8,12-16H2,(H,23,24). The second-order valence-electron chi connectivity index (χ2n) is 8.31. The molecule has 2 saturated heterocycles. The van der Waals surface area contributed by atoms with Crippen LogP contribution in [0.3, 0.4) is 0 Å². The number of carbonyl (C=O) groups excluding carboxylic acids is 1. The normalized spacial score (nSPS) is 24.1. The maximum Gasteiger partial charge on any atom is 0.265 e. The van der Waals surface area contributed by atoms with Crippen molar-refractivity contribution in [1.82, 2.24) is 24.1 Å². The van der Waals surface area contributed by atoms with E-state index >= 15 is 0 Å². The molecule has 1 amide bonds. The SMILES string of the molecule is O=C(c1ccns1)N1CC2CN(Cc3ncc[nH]3)CC2(CCc2ccccc2)C1. The summed E-state index contributed by atoms with van der Waals surface area (Å²) in [5.74, 6) is 1.65. The monoisotopic (exact) mass is 407 g/mol. The zero-order valence-corrected chi connectivity index (χ0v) is 17.1. The second-order valence-corrected chi connectivity index (χ2v) is 9.15. The number of nitrogens with zero attached hydrogens (tertiary/aromatic N) is 4. The summed E-state index contributed by atoms with van der Waals surface area (Å²) in [7, 11) is 0. The molecule has 4 heterocycles. The van der Waals surface area contributed by atoms with E-state index in [1.54, 1.807) is 6.20 Å². The van der Waals surface area contributed by atoms with Crippen molar-refractivity contribution in [3.8, 4) is 0 Å². The number of aryl methyl sites for hydroxylation is 1. The van der Waals surface area contributed by atoms with Gasteiger partial charge in [0.25, 0.3) is 5.91 Å². The summed E-state index contributed by atoms with van der Waals surface area (Å²) in [6.45, 7) is 4.54. The van der Waals surface area contributed by atoms with Crippen molar-refractivity contribution in [2.45, 2.75) is 19.4 Å². The number of aromatic nitrogens is 3. The number of nitrogens with one attached hydrogen (secondary N) is 1. The zero-order chi connectivity index (χ0) is 19.7. The van der Waals surface area contributed by atoms with Crippen molar-refractivity contribution in [3.05, 3.63) is 71.3 Å². The first kappa shape index (κ1) is 18.5. The predicted molar refractivity (Wildman–Crippen MR) is 113 cm³/mol. The molecule has 0 bridgehead atoms. The lowest BCUT2D eigenvalue weighted by Gasteiger charge is -2.29. The van der Waals surface area contributed by atoms with Gasteiger partial charge in [-0.05, 0) is 41.9 Å². The Balaban J connectivity index is 1.34. The van der Waals surface area contributed by atoms with E-state index in [0.717, 1.165) is 56.3 Å². The van der Waals surface area contributed by atoms with Gasteiger partial charge in [0.15, 0.2) is 0 Å². The van der Waals surface area contributed by atoms with Crippen molar-refractivity contribution in [1.29, 1.82) is 0 Å². The van der Waals surface area contributed by atoms with E-state index in [2.05, 4.69) is 54.5 Å². The third kappa shape index (κ3) is 3.72. The van der Waals surface area contributed by atoms with Gasteiger partial charge in [0.2, 0.25) is 0 Å². The molecule has 2 aromatic heterocycles. The van der Waals surface area contributed by atoms with Gasteiger partial charge in [0.1, 0.15) is 10.7 Å². The van der Waals surface area contributed by atoms with Crippen molar-refractivity contribution in [2.24, 2.45) is 11.3 Å². The van der Waals surface area contributed by atoms with E-state index < -0.39 is 0 Å². The Hall–Kier alpha value is -2.51. The summed E-state index contributed by atoms with van der Waals surface area (Å²) < 4.78 is 4.11. The Bertz CT molecular complexity index is 943. The number of likely N-dealkylation sites (tertiary alicyclic amines) is 2. The van der Waals surface area contributed by atoms with Gasteiger partial charge >= 0.3 is 0 Å². The number of hydrogen-bond acceptors (Lipinski definition) is 5. The first-order chi connectivity index (χ1) is 14.2. The highest BCUT2D eigenvalue weighted by molar-refractivity contribution is 7.08. The molecule has 29 heavy (non-hydrogen) atoms. The van der Waals surface area contributed by atoms with E-state index in [0.29, 0.717) is 5.92 Å². The Morgan fingerprint density at radius 1 is 1.17 bits per heavy atom. The fourth-order valence-corrected chi connectivity index (χ4v) is 5.60. The van der Waals surface area contributed by atoms with Crippen molar-refractivity contribution in [3.63, 3.8) is 0 Å². The molecule has 150 valence electrons. The highest BCUT2D eigenvalue weighted by Crippen LogP contribution is 2.46. The van der Waals surface area contributed by atoms with Gasteiger partial charge < -0.3 is 9.88 Å². The summed E-state index contributed by atoms with van der Waals surface area (Å²) in [5.41, 5.74) is 1.51. The van der Waals surface area contributed by atoms with Crippen LogP contribution in [0.25, 0.3) is 0 Å². The van der Waals surface area contributed by atoms with Crippen molar-refractivity contribution < 1.29 is 4.79 Å². The van der Waals surface area contributed by atoms with Gasteiger partial charge in [-0.15, -0.1) is 0 Å². The summed E-state index contributed by atoms with van der Waals surface area (Å²) in [6, 6.07) is 12.5. The molecule has 0 saturated carbocycles. The largest absolute Gasteiger partial charge is 0.348 e. The smallest absolute Gasteiger partial charge is 0.265 e. The summed E-state index contributed by atoms with van der Waals surface area (Å²) in [4.78, 5) is 25.9. The molecule has 0 radical (unpaired) electrons. The minimum atomic E-state index is 0.138. The molecule has 2 atom stereocenters. The average Bonchev–Trinajstić information content (AvgIpc) is 3.51. The zero-order valence-electron chi connectivity index (χ0n) is 16.3. The van der Waals surface area contributed by atoms with Gasteiger partial charge in [-0.1, -0.05) is 30.3 Å². The van der Waals surface area contributed by atoms with Crippen LogP contribution < -0.4 is 0 Å². The molecule has 2 aliphatic heterocycles. The van der Waals surface area contributed by atoms with Crippen LogP contribution in [-0.2, 0) is 13.0 Å². The lowest BCUT2D eigenvalue weighted by molar-refractivity contribution is 0.0760. The number of benzene rings is 1. The first-order valence-electron chi connectivity index (χ1n) is 10.2. The van der Waals surface area contributed by atoms with E-state index in [-0.39, 0.29) is 11.3 Å². The lowest BCUT2D eigenvalue weighted by atomic mass is 9.76. The van der Waals surface area contributed by atoms with Crippen LogP contribution in [0.1, 0.15) is 27.5 Å². The highest BCUT2D eigenvalue weighted by Gasteiger charge is 2.53. The highest BCUT2D eigenvalue weighted by atomic mass is 32.1. The summed E-state index contributed by atoms with van der Waals surface area (Å²) in [6.07, 6.45) is 7.56. The third-order valence-corrected chi connectivity index (χ3v) is 7.18. The molecule has 0 aliphatic carbocycles. The molecule has 5 rings (SSSR count). The van der Waals surface area contributed by atoms with Crippen LogP contribution in [-0.4, -0.2) is 56.2 Å². The molecule has 0 spiro atoms.